The molecule has 1 nitrogen and oxygen atoms in total. The van der Waals surface area contributed by atoms with Gasteiger partial charge in [-0.1, -0.05) is 49.4 Å². The number of aryl methyl sites for hydroxylation is 1. The lowest BCUT2D eigenvalue weighted by atomic mass is 9.97. The van der Waals surface area contributed by atoms with Crippen molar-refractivity contribution in [2.45, 2.75) is 13.3 Å². The predicted octanol–water partition coefficient (Wildman–Crippen LogP) is 4.08. The standard InChI is InChI=1S/C14H15OP/c1-2-11-7-3-4-8-12(11)13-9-5-6-10-14(13)15-16/h3-10H,2,16H2,1H3. The summed E-state index contributed by atoms with van der Waals surface area (Å²) in [5.41, 5.74) is 3.75. The fourth-order valence-corrected chi connectivity index (χ4v) is 2.09. The van der Waals surface area contributed by atoms with Crippen molar-refractivity contribution in [1.29, 1.82) is 0 Å². The van der Waals surface area contributed by atoms with E-state index in [0.29, 0.717) is 0 Å². The van der Waals surface area contributed by atoms with E-state index in [0.717, 1.165) is 17.7 Å². The largest absolute Gasteiger partial charge is 0.480 e. The van der Waals surface area contributed by atoms with Crippen molar-refractivity contribution in [2.24, 2.45) is 0 Å². The molecule has 82 valence electrons. The van der Waals surface area contributed by atoms with Gasteiger partial charge in [0.25, 0.3) is 0 Å². The Kier molecular flexibility index (Phi) is 3.58. The summed E-state index contributed by atoms with van der Waals surface area (Å²) in [5, 5.41) is 0. The van der Waals surface area contributed by atoms with Gasteiger partial charge >= 0.3 is 0 Å². The van der Waals surface area contributed by atoms with Gasteiger partial charge in [-0.25, -0.2) is 0 Å². The van der Waals surface area contributed by atoms with Crippen LogP contribution in [0.3, 0.4) is 0 Å². The zero-order valence-corrected chi connectivity index (χ0v) is 10.5. The van der Waals surface area contributed by atoms with Gasteiger partial charge in [0.05, 0.1) is 9.47 Å². The highest BCUT2D eigenvalue weighted by Crippen LogP contribution is 2.33. The van der Waals surface area contributed by atoms with Crippen molar-refractivity contribution >= 4 is 9.47 Å². The van der Waals surface area contributed by atoms with Gasteiger partial charge in [-0.3, -0.25) is 0 Å². The van der Waals surface area contributed by atoms with Crippen molar-refractivity contribution in [3.05, 3.63) is 54.1 Å². The Morgan fingerprint density at radius 2 is 1.56 bits per heavy atom. The first-order valence-corrected chi connectivity index (χ1v) is 5.88. The van der Waals surface area contributed by atoms with Crippen LogP contribution in [0.5, 0.6) is 5.75 Å². The first-order chi connectivity index (χ1) is 7.86. The predicted molar refractivity (Wildman–Crippen MR) is 71.6 cm³/mol. The molecule has 1 unspecified atom stereocenters. The van der Waals surface area contributed by atoms with Crippen molar-refractivity contribution in [1.82, 2.24) is 0 Å². The normalized spacial score (nSPS) is 10.1. The molecule has 16 heavy (non-hydrogen) atoms. The van der Waals surface area contributed by atoms with Crippen LogP contribution in [0, 0.1) is 0 Å². The van der Waals surface area contributed by atoms with E-state index in [4.69, 9.17) is 4.52 Å². The van der Waals surface area contributed by atoms with Crippen LogP contribution in [0.15, 0.2) is 48.5 Å². The Bertz CT molecular complexity index is 434. The van der Waals surface area contributed by atoms with E-state index < -0.39 is 0 Å². The van der Waals surface area contributed by atoms with Crippen molar-refractivity contribution in [2.75, 3.05) is 0 Å². The molecule has 2 heteroatoms. The van der Waals surface area contributed by atoms with E-state index in [-0.39, 0.29) is 0 Å². The van der Waals surface area contributed by atoms with Crippen LogP contribution in [0.4, 0.5) is 0 Å². The molecule has 0 fully saturated rings. The number of rotatable bonds is 3. The number of hydrogen-bond donors (Lipinski definition) is 0. The van der Waals surface area contributed by atoms with Gasteiger partial charge < -0.3 is 4.52 Å². The molecule has 2 aromatic carbocycles. The molecule has 0 N–H and O–H groups in total. The van der Waals surface area contributed by atoms with Gasteiger partial charge in [-0.15, -0.1) is 0 Å². The van der Waals surface area contributed by atoms with Crippen LogP contribution in [0.2, 0.25) is 0 Å². The molecule has 0 heterocycles. The van der Waals surface area contributed by atoms with Crippen LogP contribution < -0.4 is 4.52 Å². The lowest BCUT2D eigenvalue weighted by Gasteiger charge is -2.11. The minimum absolute atomic E-state index is 0.897. The van der Waals surface area contributed by atoms with E-state index in [1.807, 2.05) is 18.2 Å². The third-order valence-electron chi connectivity index (χ3n) is 2.70. The average Bonchev–Trinajstić information content (AvgIpc) is 2.38. The number of para-hydroxylation sites is 1. The zero-order chi connectivity index (χ0) is 11.4. The Morgan fingerprint density at radius 1 is 0.938 bits per heavy atom. The van der Waals surface area contributed by atoms with E-state index in [1.54, 1.807) is 0 Å². The molecule has 0 aliphatic heterocycles. The van der Waals surface area contributed by atoms with Gasteiger partial charge in [0.2, 0.25) is 0 Å². The molecular weight excluding hydrogens is 215 g/mol. The highest BCUT2D eigenvalue weighted by atomic mass is 31.0. The highest BCUT2D eigenvalue weighted by molar-refractivity contribution is 7.10. The van der Waals surface area contributed by atoms with Gasteiger partial charge in [0.15, 0.2) is 0 Å². The Morgan fingerprint density at radius 3 is 2.25 bits per heavy atom. The molecule has 2 aromatic rings. The maximum atomic E-state index is 5.32. The van der Waals surface area contributed by atoms with Crippen LogP contribution in [0.25, 0.3) is 11.1 Å². The van der Waals surface area contributed by atoms with Crippen molar-refractivity contribution in [3.8, 4) is 16.9 Å². The zero-order valence-electron chi connectivity index (χ0n) is 9.31. The summed E-state index contributed by atoms with van der Waals surface area (Å²) in [5.74, 6) is 0.897. The second-order valence-electron chi connectivity index (χ2n) is 3.62. The van der Waals surface area contributed by atoms with Crippen LogP contribution in [-0.4, -0.2) is 0 Å². The third-order valence-corrected chi connectivity index (χ3v) is 2.96. The topological polar surface area (TPSA) is 9.23 Å². The summed E-state index contributed by atoms with van der Waals surface area (Å²) in [6.45, 7) is 2.17. The van der Waals surface area contributed by atoms with E-state index >= 15 is 0 Å². The molecule has 0 saturated heterocycles. The van der Waals surface area contributed by atoms with Crippen LogP contribution in [0.1, 0.15) is 12.5 Å². The first kappa shape index (κ1) is 11.2. The van der Waals surface area contributed by atoms with Crippen LogP contribution in [-0.2, 0) is 6.42 Å². The Balaban J connectivity index is 2.58. The fraction of sp³-hybridized carbons (Fsp3) is 0.143. The summed E-state index contributed by atoms with van der Waals surface area (Å²) in [6.07, 6.45) is 1.03. The quantitative estimate of drug-likeness (QED) is 0.722. The second-order valence-corrected chi connectivity index (χ2v) is 3.86. The molecule has 0 spiro atoms. The molecule has 0 radical (unpaired) electrons. The summed E-state index contributed by atoms with van der Waals surface area (Å²) in [6, 6.07) is 16.5. The van der Waals surface area contributed by atoms with Crippen LogP contribution >= 0.6 is 9.47 Å². The molecule has 0 bridgehead atoms. The monoisotopic (exact) mass is 230 g/mol. The summed E-state index contributed by atoms with van der Waals surface area (Å²) in [4.78, 5) is 0. The number of hydrogen-bond acceptors (Lipinski definition) is 1. The van der Waals surface area contributed by atoms with Crippen molar-refractivity contribution in [3.63, 3.8) is 0 Å². The Hall–Kier alpha value is -1.33. The maximum absolute atomic E-state index is 5.32. The van der Waals surface area contributed by atoms with Gasteiger partial charge in [0.1, 0.15) is 5.75 Å². The summed E-state index contributed by atoms with van der Waals surface area (Å²) in [7, 11) is 2.31. The van der Waals surface area contributed by atoms with Gasteiger partial charge in [-0.2, -0.15) is 0 Å². The molecule has 0 aliphatic carbocycles. The maximum Gasteiger partial charge on any atom is 0.130 e. The molecule has 0 amide bonds. The fourth-order valence-electron chi connectivity index (χ4n) is 1.88. The molecule has 2 rings (SSSR count). The van der Waals surface area contributed by atoms with Crippen molar-refractivity contribution < 1.29 is 4.52 Å². The minimum atomic E-state index is 0.897. The second kappa shape index (κ2) is 5.14. The molecular formula is C14H15OP. The minimum Gasteiger partial charge on any atom is -0.480 e. The summed E-state index contributed by atoms with van der Waals surface area (Å²) < 4.78 is 5.32. The first-order valence-electron chi connectivity index (χ1n) is 5.41. The smallest absolute Gasteiger partial charge is 0.130 e. The van der Waals surface area contributed by atoms with E-state index in [9.17, 15) is 0 Å². The third kappa shape index (κ3) is 2.10. The van der Waals surface area contributed by atoms with Gasteiger partial charge in [0, 0.05) is 5.56 Å². The molecule has 0 aromatic heterocycles. The summed E-state index contributed by atoms with van der Waals surface area (Å²) >= 11 is 0. The SMILES string of the molecule is CCc1ccccc1-c1ccccc1OP. The molecule has 1 atom stereocenters. The lowest BCUT2D eigenvalue weighted by molar-refractivity contribution is 0.648. The van der Waals surface area contributed by atoms with Gasteiger partial charge in [-0.05, 0) is 23.6 Å². The average molecular weight is 230 g/mol. The molecule has 0 saturated carbocycles. The number of benzene rings is 2. The molecule has 0 aliphatic rings. The van der Waals surface area contributed by atoms with E-state index in [2.05, 4.69) is 46.7 Å². The lowest BCUT2D eigenvalue weighted by Crippen LogP contribution is -1.88. The van der Waals surface area contributed by atoms with E-state index in [1.165, 1.54) is 11.1 Å². The highest BCUT2D eigenvalue weighted by Gasteiger charge is 2.07. The Labute approximate surface area is 98.7 Å².